The normalized spacial score (nSPS) is 9.94. The number of methoxy groups -OCH3 is 1. The number of carbonyl (C=O) groups excluding carboxylic acids is 2. The SMILES string of the molecule is COc1cccc(C(=O)CCCC(=O)N(C)C)c1. The number of nitrogens with zero attached hydrogens (tertiary/aromatic N) is 1. The zero-order chi connectivity index (χ0) is 13.5. The lowest BCUT2D eigenvalue weighted by molar-refractivity contribution is -0.128. The maximum Gasteiger partial charge on any atom is 0.222 e. The predicted molar refractivity (Wildman–Crippen MR) is 69.9 cm³/mol. The monoisotopic (exact) mass is 249 g/mol. The minimum Gasteiger partial charge on any atom is -0.497 e. The molecule has 98 valence electrons. The summed E-state index contributed by atoms with van der Waals surface area (Å²) < 4.78 is 5.07. The smallest absolute Gasteiger partial charge is 0.222 e. The zero-order valence-corrected chi connectivity index (χ0v) is 11.1. The average molecular weight is 249 g/mol. The third kappa shape index (κ3) is 4.20. The van der Waals surface area contributed by atoms with E-state index < -0.39 is 0 Å². The van der Waals surface area contributed by atoms with E-state index in [4.69, 9.17) is 4.74 Å². The molecule has 0 saturated carbocycles. The van der Waals surface area contributed by atoms with E-state index in [-0.39, 0.29) is 11.7 Å². The molecular formula is C14H19NO3. The van der Waals surface area contributed by atoms with Crippen LogP contribution < -0.4 is 4.74 Å². The van der Waals surface area contributed by atoms with Crippen LogP contribution in [0.1, 0.15) is 29.6 Å². The Kier molecular flexibility index (Phi) is 5.36. The summed E-state index contributed by atoms with van der Waals surface area (Å²) in [6.45, 7) is 0. The Bertz CT molecular complexity index is 427. The lowest BCUT2D eigenvalue weighted by Gasteiger charge is -2.09. The van der Waals surface area contributed by atoms with E-state index in [1.807, 2.05) is 0 Å². The maximum absolute atomic E-state index is 11.9. The summed E-state index contributed by atoms with van der Waals surface area (Å²) in [5.74, 6) is 0.763. The van der Waals surface area contributed by atoms with Crippen molar-refractivity contribution in [3.05, 3.63) is 29.8 Å². The van der Waals surface area contributed by atoms with Crippen LogP contribution in [-0.4, -0.2) is 37.8 Å². The second kappa shape index (κ2) is 6.79. The van der Waals surface area contributed by atoms with E-state index >= 15 is 0 Å². The van der Waals surface area contributed by atoms with Crippen LogP contribution in [0.4, 0.5) is 0 Å². The number of ether oxygens (including phenoxy) is 1. The van der Waals surface area contributed by atoms with Gasteiger partial charge in [-0.15, -0.1) is 0 Å². The van der Waals surface area contributed by atoms with Crippen molar-refractivity contribution in [2.75, 3.05) is 21.2 Å². The van der Waals surface area contributed by atoms with E-state index in [0.717, 1.165) is 0 Å². The number of hydrogen-bond donors (Lipinski definition) is 0. The van der Waals surface area contributed by atoms with Crippen LogP contribution in [0, 0.1) is 0 Å². The summed E-state index contributed by atoms with van der Waals surface area (Å²) in [4.78, 5) is 24.8. The molecular weight excluding hydrogens is 230 g/mol. The number of carbonyl (C=O) groups is 2. The minimum atomic E-state index is 0.0421. The van der Waals surface area contributed by atoms with Crippen LogP contribution in [0.5, 0.6) is 5.75 Å². The standard InChI is InChI=1S/C14H19NO3/c1-15(2)14(17)9-5-8-13(16)11-6-4-7-12(10-11)18-3/h4,6-7,10H,5,8-9H2,1-3H3. The van der Waals surface area contributed by atoms with Crippen LogP contribution in [0.3, 0.4) is 0 Å². The van der Waals surface area contributed by atoms with Crippen molar-refractivity contribution in [1.29, 1.82) is 0 Å². The molecule has 0 aliphatic carbocycles. The summed E-state index contributed by atoms with van der Waals surface area (Å²) in [6, 6.07) is 7.07. The molecule has 0 atom stereocenters. The van der Waals surface area contributed by atoms with Crippen LogP contribution >= 0.6 is 0 Å². The Labute approximate surface area is 108 Å². The first-order valence-electron chi connectivity index (χ1n) is 5.92. The second-order valence-electron chi connectivity index (χ2n) is 4.30. The van der Waals surface area contributed by atoms with Gasteiger partial charge in [-0.2, -0.15) is 0 Å². The highest BCUT2D eigenvalue weighted by atomic mass is 16.5. The molecule has 0 fully saturated rings. The summed E-state index contributed by atoms with van der Waals surface area (Å²) >= 11 is 0. The van der Waals surface area contributed by atoms with E-state index in [9.17, 15) is 9.59 Å². The number of hydrogen-bond acceptors (Lipinski definition) is 3. The Morgan fingerprint density at radius 3 is 2.56 bits per heavy atom. The Balaban J connectivity index is 2.48. The lowest BCUT2D eigenvalue weighted by atomic mass is 10.1. The quantitative estimate of drug-likeness (QED) is 0.726. The number of Topliss-reactive ketones (excluding diaryl/α,β-unsaturated/α-hetero) is 1. The molecule has 1 aromatic carbocycles. The van der Waals surface area contributed by atoms with Gasteiger partial charge in [-0.1, -0.05) is 12.1 Å². The van der Waals surface area contributed by atoms with Gasteiger partial charge in [0.1, 0.15) is 5.75 Å². The van der Waals surface area contributed by atoms with Gasteiger partial charge in [0.2, 0.25) is 5.91 Å². The Morgan fingerprint density at radius 2 is 1.94 bits per heavy atom. The summed E-state index contributed by atoms with van der Waals surface area (Å²) in [5, 5.41) is 0. The number of rotatable bonds is 6. The van der Waals surface area contributed by atoms with Gasteiger partial charge in [0, 0.05) is 32.5 Å². The molecule has 1 rings (SSSR count). The van der Waals surface area contributed by atoms with Crippen LogP contribution in [-0.2, 0) is 4.79 Å². The van der Waals surface area contributed by atoms with Gasteiger partial charge < -0.3 is 9.64 Å². The fraction of sp³-hybridized carbons (Fsp3) is 0.429. The van der Waals surface area contributed by atoms with Crippen molar-refractivity contribution < 1.29 is 14.3 Å². The first-order chi connectivity index (χ1) is 8.54. The topological polar surface area (TPSA) is 46.6 Å². The van der Waals surface area contributed by atoms with Crippen LogP contribution in [0.2, 0.25) is 0 Å². The van der Waals surface area contributed by atoms with Crippen molar-refractivity contribution in [1.82, 2.24) is 4.90 Å². The molecule has 0 N–H and O–H groups in total. The van der Waals surface area contributed by atoms with Gasteiger partial charge in [0.25, 0.3) is 0 Å². The van der Waals surface area contributed by atoms with Crippen molar-refractivity contribution in [2.24, 2.45) is 0 Å². The van der Waals surface area contributed by atoms with E-state index in [1.165, 1.54) is 4.90 Å². The Hall–Kier alpha value is -1.84. The molecule has 0 aromatic heterocycles. The van der Waals surface area contributed by atoms with E-state index in [1.54, 1.807) is 45.5 Å². The summed E-state index contributed by atoms with van der Waals surface area (Å²) in [7, 11) is 5.00. The van der Waals surface area contributed by atoms with Gasteiger partial charge in [-0.3, -0.25) is 9.59 Å². The highest BCUT2D eigenvalue weighted by Crippen LogP contribution is 2.15. The minimum absolute atomic E-state index is 0.0421. The number of ketones is 1. The summed E-state index contributed by atoms with van der Waals surface area (Å²) in [5.41, 5.74) is 0.631. The first kappa shape index (κ1) is 14.2. The lowest BCUT2D eigenvalue weighted by Crippen LogP contribution is -2.21. The molecule has 0 unspecified atom stereocenters. The predicted octanol–water partition coefficient (Wildman–Crippen LogP) is 2.14. The van der Waals surface area contributed by atoms with Gasteiger partial charge in [0.05, 0.1) is 7.11 Å². The van der Waals surface area contributed by atoms with Gasteiger partial charge >= 0.3 is 0 Å². The fourth-order valence-electron chi connectivity index (χ4n) is 1.56. The first-order valence-corrected chi connectivity index (χ1v) is 5.92. The molecule has 1 aromatic rings. The third-order valence-corrected chi connectivity index (χ3v) is 2.68. The van der Waals surface area contributed by atoms with Gasteiger partial charge in [-0.25, -0.2) is 0 Å². The zero-order valence-electron chi connectivity index (χ0n) is 11.1. The molecule has 0 radical (unpaired) electrons. The van der Waals surface area contributed by atoms with Gasteiger partial charge in [-0.05, 0) is 18.6 Å². The van der Waals surface area contributed by atoms with Crippen molar-refractivity contribution >= 4 is 11.7 Å². The Morgan fingerprint density at radius 1 is 1.22 bits per heavy atom. The van der Waals surface area contributed by atoms with Crippen molar-refractivity contribution in [2.45, 2.75) is 19.3 Å². The van der Waals surface area contributed by atoms with Crippen molar-refractivity contribution in [3.63, 3.8) is 0 Å². The molecule has 0 aliphatic rings. The number of amides is 1. The fourth-order valence-corrected chi connectivity index (χ4v) is 1.56. The highest BCUT2D eigenvalue weighted by Gasteiger charge is 2.09. The molecule has 0 bridgehead atoms. The molecule has 4 nitrogen and oxygen atoms in total. The van der Waals surface area contributed by atoms with Gasteiger partial charge in [0.15, 0.2) is 5.78 Å². The molecule has 0 saturated heterocycles. The maximum atomic E-state index is 11.9. The average Bonchev–Trinajstić information content (AvgIpc) is 2.38. The molecule has 1 amide bonds. The van der Waals surface area contributed by atoms with E-state index in [0.29, 0.717) is 30.6 Å². The largest absolute Gasteiger partial charge is 0.497 e. The molecule has 0 heterocycles. The molecule has 0 spiro atoms. The molecule has 0 aliphatic heterocycles. The molecule has 18 heavy (non-hydrogen) atoms. The second-order valence-corrected chi connectivity index (χ2v) is 4.30. The third-order valence-electron chi connectivity index (χ3n) is 2.68. The van der Waals surface area contributed by atoms with Crippen LogP contribution in [0.25, 0.3) is 0 Å². The van der Waals surface area contributed by atoms with E-state index in [2.05, 4.69) is 0 Å². The van der Waals surface area contributed by atoms with Crippen molar-refractivity contribution in [3.8, 4) is 5.75 Å². The highest BCUT2D eigenvalue weighted by molar-refractivity contribution is 5.96. The van der Waals surface area contributed by atoms with Crippen LogP contribution in [0.15, 0.2) is 24.3 Å². The number of benzene rings is 1. The molecule has 4 heteroatoms. The summed E-state index contributed by atoms with van der Waals surface area (Å²) in [6.07, 6.45) is 1.36.